The summed E-state index contributed by atoms with van der Waals surface area (Å²) in [6.45, 7) is 0. The average molecular weight is 279 g/mol. The predicted molar refractivity (Wildman–Crippen MR) is 61.7 cm³/mol. The predicted octanol–water partition coefficient (Wildman–Crippen LogP) is 2.39. The maximum absolute atomic E-state index is 5.31. The maximum Gasteiger partial charge on any atom is 0.285 e. The van der Waals surface area contributed by atoms with E-state index >= 15 is 0 Å². The topological polar surface area (TPSA) is 56.7 Å². The standard InChI is InChI=1S/C10H7BrN4O/c1-15-7-5-3-2-4-6(7)8(14-15)9-12-13-10(11)16-9/h2-5H,1H3. The molecule has 1 aromatic carbocycles. The van der Waals surface area contributed by atoms with Crippen LogP contribution in [0, 0.1) is 0 Å². The molecule has 2 heterocycles. The van der Waals surface area contributed by atoms with Gasteiger partial charge in [-0.25, -0.2) is 0 Å². The first-order valence-electron chi connectivity index (χ1n) is 4.67. The summed E-state index contributed by atoms with van der Waals surface area (Å²) < 4.78 is 7.10. The van der Waals surface area contributed by atoms with Crippen LogP contribution in [0.5, 0.6) is 0 Å². The Kier molecular flexibility index (Phi) is 2.03. The van der Waals surface area contributed by atoms with Crippen LogP contribution in [0.3, 0.4) is 0 Å². The molecule has 0 N–H and O–H groups in total. The number of para-hydroxylation sites is 1. The van der Waals surface area contributed by atoms with E-state index in [1.165, 1.54) is 0 Å². The van der Waals surface area contributed by atoms with Crippen molar-refractivity contribution in [3.8, 4) is 11.6 Å². The van der Waals surface area contributed by atoms with E-state index in [2.05, 4.69) is 31.2 Å². The van der Waals surface area contributed by atoms with Crippen molar-refractivity contribution in [2.45, 2.75) is 0 Å². The van der Waals surface area contributed by atoms with Crippen molar-refractivity contribution in [2.75, 3.05) is 0 Å². The molecule has 0 saturated carbocycles. The molecule has 0 fully saturated rings. The normalized spacial score (nSPS) is 11.1. The molecule has 0 spiro atoms. The van der Waals surface area contributed by atoms with Gasteiger partial charge in [-0.3, -0.25) is 4.68 Å². The molecule has 3 rings (SSSR count). The summed E-state index contributed by atoms with van der Waals surface area (Å²) in [7, 11) is 1.89. The highest BCUT2D eigenvalue weighted by molar-refractivity contribution is 9.10. The summed E-state index contributed by atoms with van der Waals surface area (Å²) in [5, 5.41) is 13.0. The fourth-order valence-corrected chi connectivity index (χ4v) is 1.91. The van der Waals surface area contributed by atoms with Crippen molar-refractivity contribution >= 4 is 26.8 Å². The molecule has 0 radical (unpaired) electrons. The van der Waals surface area contributed by atoms with Gasteiger partial charge in [-0.1, -0.05) is 18.2 Å². The monoisotopic (exact) mass is 278 g/mol. The highest BCUT2D eigenvalue weighted by atomic mass is 79.9. The summed E-state index contributed by atoms with van der Waals surface area (Å²) in [5.41, 5.74) is 1.74. The van der Waals surface area contributed by atoms with Gasteiger partial charge < -0.3 is 4.42 Å². The fraction of sp³-hybridized carbons (Fsp3) is 0.100. The summed E-state index contributed by atoms with van der Waals surface area (Å²) in [6, 6.07) is 7.91. The molecular formula is C10H7BrN4O. The Labute approximate surface area is 99.2 Å². The van der Waals surface area contributed by atoms with Crippen LogP contribution in [-0.2, 0) is 7.05 Å². The smallest absolute Gasteiger partial charge is 0.285 e. The van der Waals surface area contributed by atoms with Gasteiger partial charge >= 0.3 is 0 Å². The van der Waals surface area contributed by atoms with Crippen LogP contribution in [0.1, 0.15) is 0 Å². The Hall–Kier alpha value is -1.69. The first-order chi connectivity index (χ1) is 7.75. The van der Waals surface area contributed by atoms with E-state index in [9.17, 15) is 0 Å². The van der Waals surface area contributed by atoms with Crippen LogP contribution in [0.15, 0.2) is 33.5 Å². The number of rotatable bonds is 1. The van der Waals surface area contributed by atoms with E-state index in [0.717, 1.165) is 10.9 Å². The van der Waals surface area contributed by atoms with Crippen molar-refractivity contribution in [2.24, 2.45) is 7.05 Å². The van der Waals surface area contributed by atoms with Crippen LogP contribution in [0.25, 0.3) is 22.5 Å². The largest absolute Gasteiger partial charge is 0.409 e. The Bertz CT molecular complexity index is 658. The lowest BCUT2D eigenvalue weighted by Gasteiger charge is -1.90. The summed E-state index contributed by atoms with van der Waals surface area (Å²) in [5.74, 6) is 0.420. The van der Waals surface area contributed by atoms with Crippen molar-refractivity contribution in [3.05, 3.63) is 29.1 Å². The number of hydrogen-bond acceptors (Lipinski definition) is 4. The second-order valence-corrected chi connectivity index (χ2v) is 4.03. The van der Waals surface area contributed by atoms with Crippen molar-refractivity contribution in [1.29, 1.82) is 0 Å². The minimum Gasteiger partial charge on any atom is -0.409 e. The molecule has 0 aliphatic heterocycles. The van der Waals surface area contributed by atoms with Gasteiger partial charge in [0, 0.05) is 28.4 Å². The lowest BCUT2D eigenvalue weighted by Crippen LogP contribution is -1.89. The van der Waals surface area contributed by atoms with Crippen molar-refractivity contribution < 1.29 is 4.42 Å². The number of halogens is 1. The third kappa shape index (κ3) is 1.34. The Morgan fingerprint density at radius 3 is 2.81 bits per heavy atom. The molecule has 0 atom stereocenters. The lowest BCUT2D eigenvalue weighted by molar-refractivity contribution is 0.537. The van der Waals surface area contributed by atoms with Crippen LogP contribution in [0.2, 0.25) is 0 Å². The summed E-state index contributed by atoms with van der Waals surface area (Å²) in [4.78, 5) is 0.359. The molecule has 6 heteroatoms. The molecule has 0 bridgehead atoms. The van der Waals surface area contributed by atoms with Gasteiger partial charge in [-0.05, 0) is 6.07 Å². The zero-order valence-electron chi connectivity index (χ0n) is 8.38. The third-order valence-electron chi connectivity index (χ3n) is 2.36. The molecule has 0 amide bonds. The van der Waals surface area contributed by atoms with Gasteiger partial charge in [0.1, 0.15) is 0 Å². The van der Waals surface area contributed by atoms with Crippen LogP contribution in [-0.4, -0.2) is 20.0 Å². The van der Waals surface area contributed by atoms with E-state index in [-0.39, 0.29) is 0 Å². The van der Waals surface area contributed by atoms with Gasteiger partial charge in [0.15, 0.2) is 5.69 Å². The first-order valence-corrected chi connectivity index (χ1v) is 5.46. The summed E-state index contributed by atoms with van der Waals surface area (Å²) >= 11 is 3.13. The Morgan fingerprint density at radius 1 is 1.25 bits per heavy atom. The molecule has 0 unspecified atom stereocenters. The molecule has 2 aromatic heterocycles. The van der Waals surface area contributed by atoms with E-state index in [1.807, 2.05) is 31.3 Å². The fourth-order valence-electron chi connectivity index (χ4n) is 1.67. The van der Waals surface area contributed by atoms with E-state index in [1.54, 1.807) is 4.68 Å². The number of fused-ring (bicyclic) bond motifs is 1. The highest BCUT2D eigenvalue weighted by Gasteiger charge is 2.15. The minimum atomic E-state index is 0.359. The van der Waals surface area contributed by atoms with Gasteiger partial charge in [0.2, 0.25) is 0 Å². The Morgan fingerprint density at radius 2 is 2.06 bits per heavy atom. The molecule has 80 valence electrons. The number of benzene rings is 1. The van der Waals surface area contributed by atoms with Crippen molar-refractivity contribution in [3.63, 3.8) is 0 Å². The van der Waals surface area contributed by atoms with Gasteiger partial charge in [-0.2, -0.15) is 5.10 Å². The third-order valence-corrected chi connectivity index (χ3v) is 2.68. The van der Waals surface area contributed by atoms with Crippen LogP contribution >= 0.6 is 15.9 Å². The minimum absolute atomic E-state index is 0.359. The zero-order chi connectivity index (χ0) is 11.1. The number of aromatic nitrogens is 4. The molecule has 0 aliphatic carbocycles. The average Bonchev–Trinajstić information content (AvgIpc) is 2.84. The molecule has 5 nitrogen and oxygen atoms in total. The van der Waals surface area contributed by atoms with E-state index in [4.69, 9.17) is 4.42 Å². The number of nitrogens with zero attached hydrogens (tertiary/aromatic N) is 4. The van der Waals surface area contributed by atoms with Crippen molar-refractivity contribution in [1.82, 2.24) is 20.0 Å². The first kappa shape index (κ1) is 9.53. The molecule has 16 heavy (non-hydrogen) atoms. The second-order valence-electron chi connectivity index (χ2n) is 3.35. The Balaban J connectivity index is 2.32. The van der Waals surface area contributed by atoms with Crippen LogP contribution in [0.4, 0.5) is 0 Å². The van der Waals surface area contributed by atoms with E-state index < -0.39 is 0 Å². The van der Waals surface area contributed by atoms with Gasteiger partial charge in [-0.15, -0.1) is 10.2 Å². The number of hydrogen-bond donors (Lipinski definition) is 0. The zero-order valence-corrected chi connectivity index (χ0v) is 9.97. The lowest BCUT2D eigenvalue weighted by atomic mass is 10.2. The molecule has 3 aromatic rings. The SMILES string of the molecule is Cn1nc(-c2nnc(Br)o2)c2ccccc21. The maximum atomic E-state index is 5.31. The van der Waals surface area contributed by atoms with Gasteiger partial charge in [0.05, 0.1) is 5.52 Å². The molecule has 0 saturated heterocycles. The number of aryl methyl sites for hydroxylation is 1. The quantitative estimate of drug-likeness (QED) is 0.686. The highest BCUT2D eigenvalue weighted by Crippen LogP contribution is 2.27. The van der Waals surface area contributed by atoms with Crippen LogP contribution < -0.4 is 0 Å². The second kappa shape index (κ2) is 3.41. The van der Waals surface area contributed by atoms with Gasteiger partial charge in [0.25, 0.3) is 10.7 Å². The molecular weight excluding hydrogens is 272 g/mol. The summed E-state index contributed by atoms with van der Waals surface area (Å²) in [6.07, 6.45) is 0. The molecule has 0 aliphatic rings. The van der Waals surface area contributed by atoms with E-state index in [0.29, 0.717) is 16.4 Å².